The van der Waals surface area contributed by atoms with Crippen LogP contribution < -0.4 is 5.32 Å². The molecule has 8 heteroatoms. The predicted molar refractivity (Wildman–Crippen MR) is 111 cm³/mol. The van der Waals surface area contributed by atoms with Crippen molar-refractivity contribution >= 4 is 46.7 Å². The molecule has 0 radical (unpaired) electrons. The van der Waals surface area contributed by atoms with Crippen molar-refractivity contribution in [2.75, 3.05) is 5.32 Å². The number of ether oxygens (including phenoxy) is 1. The second kappa shape index (κ2) is 8.68. The first-order valence-corrected chi connectivity index (χ1v) is 9.60. The van der Waals surface area contributed by atoms with Crippen molar-refractivity contribution in [3.8, 4) is 0 Å². The van der Waals surface area contributed by atoms with Crippen LogP contribution in [0.25, 0.3) is 0 Å². The largest absolute Gasteiger partial charge is 0.459 e. The van der Waals surface area contributed by atoms with Gasteiger partial charge in [-0.3, -0.25) is 14.5 Å². The van der Waals surface area contributed by atoms with Crippen LogP contribution in [-0.2, 0) is 20.9 Å². The van der Waals surface area contributed by atoms with Crippen LogP contribution >= 0.6 is 23.2 Å². The van der Waals surface area contributed by atoms with E-state index in [4.69, 9.17) is 27.9 Å². The summed E-state index contributed by atoms with van der Waals surface area (Å²) in [6, 6.07) is 13.2. The van der Waals surface area contributed by atoms with Gasteiger partial charge in [0.2, 0.25) is 0 Å². The molecule has 0 aromatic heterocycles. The second-order valence-electron chi connectivity index (χ2n) is 6.67. The fraction of sp³-hybridized carbons (Fsp3) is 0.190. The molecular weight excluding hydrogens is 415 g/mol. The highest BCUT2D eigenvalue weighted by molar-refractivity contribution is 6.48. The average Bonchev–Trinajstić information content (AvgIpc) is 2.88. The number of nitrogens with zero attached hydrogens (tertiary/aromatic N) is 1. The van der Waals surface area contributed by atoms with Gasteiger partial charge in [-0.15, -0.1) is 0 Å². The van der Waals surface area contributed by atoms with Crippen molar-refractivity contribution in [2.24, 2.45) is 0 Å². The second-order valence-corrected chi connectivity index (χ2v) is 7.48. The SMILES string of the molecule is CC(C)OC(=O)c1ccc(NC2=C(Cl)C(=O)N(Cc3ccc(Cl)cc3)C2=O)cc1. The molecule has 0 unspecified atom stereocenters. The number of halogens is 2. The van der Waals surface area contributed by atoms with E-state index in [1.807, 2.05) is 0 Å². The molecule has 0 spiro atoms. The van der Waals surface area contributed by atoms with Gasteiger partial charge in [-0.1, -0.05) is 35.3 Å². The van der Waals surface area contributed by atoms with Gasteiger partial charge in [-0.05, 0) is 55.8 Å². The van der Waals surface area contributed by atoms with E-state index in [1.165, 1.54) is 0 Å². The summed E-state index contributed by atoms with van der Waals surface area (Å²) in [5.41, 5.74) is 1.62. The lowest BCUT2D eigenvalue weighted by molar-refractivity contribution is -0.138. The highest BCUT2D eigenvalue weighted by atomic mass is 35.5. The number of nitrogens with one attached hydrogen (secondary N) is 1. The monoisotopic (exact) mass is 432 g/mol. The minimum Gasteiger partial charge on any atom is -0.459 e. The Labute approximate surface area is 178 Å². The lowest BCUT2D eigenvalue weighted by Gasteiger charge is -2.15. The number of hydrogen-bond donors (Lipinski definition) is 1. The van der Waals surface area contributed by atoms with Gasteiger partial charge in [-0.25, -0.2) is 4.79 Å². The van der Waals surface area contributed by atoms with Gasteiger partial charge in [0.25, 0.3) is 11.8 Å². The summed E-state index contributed by atoms with van der Waals surface area (Å²) in [5.74, 6) is -1.55. The van der Waals surface area contributed by atoms with Crippen LogP contribution in [0.3, 0.4) is 0 Å². The Bertz CT molecular complexity index is 983. The molecule has 150 valence electrons. The molecule has 0 bridgehead atoms. The van der Waals surface area contributed by atoms with E-state index in [9.17, 15) is 14.4 Å². The smallest absolute Gasteiger partial charge is 0.338 e. The minimum absolute atomic E-state index is 0.0110. The van der Waals surface area contributed by atoms with Crippen molar-refractivity contribution in [1.82, 2.24) is 4.90 Å². The topological polar surface area (TPSA) is 75.7 Å². The Kier molecular flexibility index (Phi) is 6.25. The number of amides is 2. The number of esters is 1. The third kappa shape index (κ3) is 4.78. The first kappa shape index (κ1) is 20.9. The molecule has 0 aliphatic carbocycles. The van der Waals surface area contributed by atoms with E-state index >= 15 is 0 Å². The summed E-state index contributed by atoms with van der Waals surface area (Å²) in [6.45, 7) is 3.61. The highest BCUT2D eigenvalue weighted by Crippen LogP contribution is 2.27. The number of benzene rings is 2. The zero-order chi connectivity index (χ0) is 21.1. The Hall–Kier alpha value is -2.83. The number of carbonyl (C=O) groups is 3. The Balaban J connectivity index is 1.72. The van der Waals surface area contributed by atoms with Crippen molar-refractivity contribution in [3.63, 3.8) is 0 Å². The maximum absolute atomic E-state index is 12.7. The van der Waals surface area contributed by atoms with Crippen molar-refractivity contribution in [1.29, 1.82) is 0 Å². The van der Waals surface area contributed by atoms with E-state index in [0.717, 1.165) is 10.5 Å². The van der Waals surface area contributed by atoms with Crippen LogP contribution in [0.1, 0.15) is 29.8 Å². The minimum atomic E-state index is -0.578. The molecule has 2 aromatic carbocycles. The molecule has 1 heterocycles. The fourth-order valence-corrected chi connectivity index (χ4v) is 3.04. The quantitative estimate of drug-likeness (QED) is 0.542. The number of imide groups is 1. The molecule has 1 aliphatic heterocycles. The Morgan fingerprint density at radius 3 is 2.21 bits per heavy atom. The van der Waals surface area contributed by atoms with Gasteiger partial charge in [0.15, 0.2) is 0 Å². The molecule has 29 heavy (non-hydrogen) atoms. The van der Waals surface area contributed by atoms with Gasteiger partial charge in [-0.2, -0.15) is 0 Å². The molecule has 3 rings (SSSR count). The third-order valence-electron chi connectivity index (χ3n) is 4.10. The van der Waals surface area contributed by atoms with Crippen LogP contribution in [-0.4, -0.2) is 28.8 Å². The van der Waals surface area contributed by atoms with E-state index in [0.29, 0.717) is 16.3 Å². The summed E-state index contributed by atoms with van der Waals surface area (Å²) in [5, 5.41) is 3.24. The Morgan fingerprint density at radius 2 is 1.62 bits per heavy atom. The first-order chi connectivity index (χ1) is 13.8. The average molecular weight is 433 g/mol. The lowest BCUT2D eigenvalue weighted by Crippen LogP contribution is -2.31. The molecule has 0 fully saturated rings. The fourth-order valence-electron chi connectivity index (χ4n) is 2.69. The van der Waals surface area contributed by atoms with Gasteiger partial charge >= 0.3 is 5.97 Å². The summed E-state index contributed by atoms with van der Waals surface area (Å²) in [7, 11) is 0. The summed E-state index contributed by atoms with van der Waals surface area (Å²) < 4.78 is 5.13. The number of hydrogen-bond acceptors (Lipinski definition) is 5. The molecule has 2 amide bonds. The van der Waals surface area contributed by atoms with Crippen LogP contribution in [0.5, 0.6) is 0 Å². The molecule has 1 N–H and O–H groups in total. The molecule has 6 nitrogen and oxygen atoms in total. The standard InChI is InChI=1S/C21H18Cl2N2O4/c1-12(2)29-21(28)14-5-9-16(10-6-14)24-18-17(23)19(26)25(20(18)27)11-13-3-7-15(22)8-4-13/h3-10,12,24H,11H2,1-2H3. The van der Waals surface area contributed by atoms with Crippen LogP contribution in [0.2, 0.25) is 5.02 Å². The van der Waals surface area contributed by atoms with Gasteiger partial charge in [0.05, 0.1) is 18.2 Å². The maximum Gasteiger partial charge on any atom is 0.338 e. The van der Waals surface area contributed by atoms with Gasteiger partial charge < -0.3 is 10.1 Å². The highest BCUT2D eigenvalue weighted by Gasteiger charge is 2.37. The summed E-state index contributed by atoms with van der Waals surface area (Å²) in [6.07, 6.45) is -0.224. The van der Waals surface area contributed by atoms with Crippen LogP contribution in [0, 0.1) is 0 Å². The lowest BCUT2D eigenvalue weighted by atomic mass is 10.2. The van der Waals surface area contributed by atoms with Crippen molar-refractivity contribution in [2.45, 2.75) is 26.5 Å². The molecular formula is C21H18Cl2N2O4. The van der Waals surface area contributed by atoms with Gasteiger partial charge in [0, 0.05) is 10.7 Å². The maximum atomic E-state index is 12.7. The number of anilines is 1. The molecule has 0 atom stereocenters. The molecule has 2 aromatic rings. The van der Waals surface area contributed by atoms with Gasteiger partial charge in [0.1, 0.15) is 10.7 Å². The van der Waals surface area contributed by atoms with Crippen LogP contribution in [0.4, 0.5) is 5.69 Å². The summed E-state index contributed by atoms with van der Waals surface area (Å²) >= 11 is 12.0. The zero-order valence-electron chi connectivity index (χ0n) is 15.7. The molecule has 1 aliphatic rings. The normalized spacial score (nSPS) is 14.0. The van der Waals surface area contributed by atoms with Crippen LogP contribution in [0.15, 0.2) is 59.3 Å². The van der Waals surface area contributed by atoms with Crippen molar-refractivity contribution in [3.05, 3.63) is 75.4 Å². The zero-order valence-corrected chi connectivity index (χ0v) is 17.3. The van der Waals surface area contributed by atoms with Crippen molar-refractivity contribution < 1.29 is 19.1 Å². The molecule has 0 saturated carbocycles. The molecule has 0 saturated heterocycles. The van der Waals surface area contributed by atoms with E-state index in [-0.39, 0.29) is 23.4 Å². The predicted octanol–water partition coefficient (Wildman–Crippen LogP) is 4.34. The van der Waals surface area contributed by atoms with E-state index in [1.54, 1.807) is 62.4 Å². The van der Waals surface area contributed by atoms with E-state index < -0.39 is 17.8 Å². The number of rotatable bonds is 6. The number of carbonyl (C=O) groups excluding carboxylic acids is 3. The third-order valence-corrected chi connectivity index (χ3v) is 4.70. The first-order valence-electron chi connectivity index (χ1n) is 8.84. The Morgan fingerprint density at radius 1 is 1.00 bits per heavy atom. The summed E-state index contributed by atoms with van der Waals surface area (Å²) in [4.78, 5) is 38.1. The van der Waals surface area contributed by atoms with E-state index in [2.05, 4.69) is 5.32 Å².